The van der Waals surface area contributed by atoms with Crippen LogP contribution in [0.5, 0.6) is 0 Å². The molecule has 3 aromatic rings. The number of benzene rings is 1. The third-order valence-electron chi connectivity index (χ3n) is 4.60. The molecule has 0 saturated carbocycles. The highest BCUT2D eigenvalue weighted by molar-refractivity contribution is 5.98. The number of pyridine rings is 1. The number of hydrogen-bond acceptors (Lipinski definition) is 4. The van der Waals surface area contributed by atoms with Gasteiger partial charge in [0.1, 0.15) is 18.2 Å². The number of imidazole rings is 1. The Morgan fingerprint density at radius 3 is 2.81 bits per heavy atom. The number of aromatic nitrogens is 3. The van der Waals surface area contributed by atoms with Crippen LogP contribution in [0.1, 0.15) is 22.3 Å². The maximum Gasteiger partial charge on any atom is 0.252 e. The van der Waals surface area contributed by atoms with Crippen molar-refractivity contribution < 1.29 is 9.59 Å². The summed E-state index contributed by atoms with van der Waals surface area (Å²) in [5.74, 6) is 0.276. The van der Waals surface area contributed by atoms with Gasteiger partial charge in [-0.25, -0.2) is 9.97 Å². The molecule has 0 radical (unpaired) electrons. The molecule has 0 spiro atoms. The molecule has 1 unspecified atom stereocenters. The van der Waals surface area contributed by atoms with Crippen molar-refractivity contribution in [3.63, 3.8) is 0 Å². The number of nitrogens with one attached hydrogen (secondary N) is 1. The number of rotatable bonds is 5. The second-order valence-corrected chi connectivity index (χ2v) is 6.43. The van der Waals surface area contributed by atoms with Crippen molar-refractivity contribution in [3.8, 4) is 5.82 Å². The van der Waals surface area contributed by atoms with Crippen molar-refractivity contribution in [2.45, 2.75) is 19.0 Å². The Bertz CT molecular complexity index is 940. The molecule has 27 heavy (non-hydrogen) atoms. The molecule has 7 nitrogen and oxygen atoms in total. The lowest BCUT2D eigenvalue weighted by Gasteiger charge is -2.17. The van der Waals surface area contributed by atoms with Gasteiger partial charge in [-0.1, -0.05) is 30.3 Å². The third kappa shape index (κ3) is 3.72. The maximum absolute atomic E-state index is 12.6. The first-order chi connectivity index (χ1) is 13.2. The number of amides is 2. The van der Waals surface area contributed by atoms with Gasteiger partial charge in [0.15, 0.2) is 0 Å². The van der Waals surface area contributed by atoms with Crippen LogP contribution >= 0.6 is 0 Å². The zero-order valence-electron chi connectivity index (χ0n) is 14.7. The molecule has 136 valence electrons. The summed E-state index contributed by atoms with van der Waals surface area (Å²) in [7, 11) is 0. The molecule has 1 aromatic carbocycles. The van der Waals surface area contributed by atoms with Crippen LogP contribution in [0, 0.1) is 0 Å². The molecule has 7 heteroatoms. The zero-order valence-corrected chi connectivity index (χ0v) is 14.7. The van der Waals surface area contributed by atoms with Gasteiger partial charge in [0, 0.05) is 37.2 Å². The summed E-state index contributed by atoms with van der Waals surface area (Å²) in [6, 6.07) is 12.7. The fourth-order valence-electron chi connectivity index (χ4n) is 3.17. The van der Waals surface area contributed by atoms with E-state index in [2.05, 4.69) is 15.3 Å². The first-order valence-electron chi connectivity index (χ1n) is 8.79. The molecule has 2 aromatic heterocycles. The van der Waals surface area contributed by atoms with E-state index in [0.29, 0.717) is 30.9 Å². The molecule has 1 aliphatic rings. The van der Waals surface area contributed by atoms with E-state index in [-0.39, 0.29) is 11.8 Å². The van der Waals surface area contributed by atoms with Crippen molar-refractivity contribution >= 4 is 11.8 Å². The van der Waals surface area contributed by atoms with E-state index in [0.717, 1.165) is 5.56 Å². The predicted octanol–water partition coefficient (Wildman–Crippen LogP) is 1.80. The standard InChI is InChI=1S/C20H19N5O2/c26-19(16-6-8-22-18(12-16)25-11-9-21-14-25)23-17-7-10-24(20(17)27)13-15-4-2-1-3-5-15/h1-6,8-9,11-12,14,17H,7,10,13H2,(H,23,26). The molecular formula is C20H19N5O2. The maximum atomic E-state index is 12.6. The number of carbonyl (C=O) groups excluding carboxylic acids is 2. The first-order valence-corrected chi connectivity index (χ1v) is 8.79. The molecule has 4 rings (SSSR count). The van der Waals surface area contributed by atoms with Crippen molar-refractivity contribution in [2.75, 3.05) is 6.54 Å². The molecule has 1 saturated heterocycles. The second kappa shape index (κ2) is 7.41. The quantitative estimate of drug-likeness (QED) is 0.751. The summed E-state index contributed by atoms with van der Waals surface area (Å²) in [6.45, 7) is 1.20. The Kier molecular flexibility index (Phi) is 4.65. The summed E-state index contributed by atoms with van der Waals surface area (Å²) in [5.41, 5.74) is 1.54. The van der Waals surface area contributed by atoms with E-state index in [9.17, 15) is 9.59 Å². The minimum Gasteiger partial charge on any atom is -0.340 e. The van der Waals surface area contributed by atoms with Crippen LogP contribution in [0.3, 0.4) is 0 Å². The van der Waals surface area contributed by atoms with Gasteiger partial charge in [-0.15, -0.1) is 0 Å². The Balaban J connectivity index is 1.41. The summed E-state index contributed by atoms with van der Waals surface area (Å²) in [4.78, 5) is 35.2. The van der Waals surface area contributed by atoms with Crippen LogP contribution in [0.15, 0.2) is 67.4 Å². The second-order valence-electron chi connectivity index (χ2n) is 6.43. The SMILES string of the molecule is O=C(NC1CCN(Cc2ccccc2)C1=O)c1ccnc(-n2ccnc2)c1. The third-order valence-corrected chi connectivity index (χ3v) is 4.60. The largest absolute Gasteiger partial charge is 0.340 e. The predicted molar refractivity (Wildman–Crippen MR) is 99.1 cm³/mol. The summed E-state index contributed by atoms with van der Waals surface area (Å²) < 4.78 is 1.72. The summed E-state index contributed by atoms with van der Waals surface area (Å²) in [6.07, 6.45) is 7.20. The van der Waals surface area contributed by atoms with Gasteiger partial charge in [-0.05, 0) is 24.1 Å². The lowest BCUT2D eigenvalue weighted by molar-refractivity contribution is -0.129. The van der Waals surface area contributed by atoms with Crippen LogP contribution in [0.4, 0.5) is 0 Å². The monoisotopic (exact) mass is 361 g/mol. The summed E-state index contributed by atoms with van der Waals surface area (Å²) in [5, 5.41) is 2.85. The van der Waals surface area contributed by atoms with E-state index < -0.39 is 6.04 Å². The highest BCUT2D eigenvalue weighted by atomic mass is 16.2. The average molecular weight is 361 g/mol. The van der Waals surface area contributed by atoms with Crippen molar-refractivity contribution in [1.29, 1.82) is 0 Å². The van der Waals surface area contributed by atoms with Crippen LogP contribution in [-0.4, -0.2) is 43.8 Å². The number of hydrogen-bond donors (Lipinski definition) is 1. The Hall–Kier alpha value is -3.48. The average Bonchev–Trinajstić information content (AvgIpc) is 3.35. The van der Waals surface area contributed by atoms with Gasteiger partial charge < -0.3 is 10.2 Å². The first kappa shape index (κ1) is 17.0. The molecule has 1 atom stereocenters. The molecule has 1 fully saturated rings. The Morgan fingerprint density at radius 2 is 2.04 bits per heavy atom. The van der Waals surface area contributed by atoms with Crippen molar-refractivity contribution in [1.82, 2.24) is 24.8 Å². The van der Waals surface area contributed by atoms with Gasteiger partial charge in [-0.2, -0.15) is 0 Å². The molecular weight excluding hydrogens is 342 g/mol. The fraction of sp³-hybridized carbons (Fsp3) is 0.200. The lowest BCUT2D eigenvalue weighted by Crippen LogP contribution is -2.41. The lowest BCUT2D eigenvalue weighted by atomic mass is 10.2. The Morgan fingerprint density at radius 1 is 1.19 bits per heavy atom. The van der Waals surface area contributed by atoms with Gasteiger partial charge in [-0.3, -0.25) is 14.2 Å². The molecule has 2 amide bonds. The van der Waals surface area contributed by atoms with E-state index >= 15 is 0 Å². The minimum absolute atomic E-state index is 0.0453. The van der Waals surface area contributed by atoms with Crippen molar-refractivity contribution in [2.24, 2.45) is 0 Å². The van der Waals surface area contributed by atoms with Gasteiger partial charge in [0.05, 0.1) is 0 Å². The van der Waals surface area contributed by atoms with Crippen LogP contribution in [0.25, 0.3) is 5.82 Å². The number of likely N-dealkylation sites (tertiary alicyclic amines) is 1. The van der Waals surface area contributed by atoms with Gasteiger partial charge >= 0.3 is 0 Å². The highest BCUT2D eigenvalue weighted by Gasteiger charge is 2.32. The van der Waals surface area contributed by atoms with E-state index in [1.165, 1.54) is 0 Å². The van der Waals surface area contributed by atoms with E-state index in [1.54, 1.807) is 46.5 Å². The summed E-state index contributed by atoms with van der Waals surface area (Å²) >= 11 is 0. The minimum atomic E-state index is -0.494. The van der Waals surface area contributed by atoms with Gasteiger partial charge in [0.25, 0.3) is 5.91 Å². The van der Waals surface area contributed by atoms with Crippen molar-refractivity contribution in [3.05, 3.63) is 78.5 Å². The highest BCUT2D eigenvalue weighted by Crippen LogP contribution is 2.16. The van der Waals surface area contributed by atoms with E-state index in [1.807, 2.05) is 30.3 Å². The molecule has 0 bridgehead atoms. The van der Waals surface area contributed by atoms with Crippen LogP contribution < -0.4 is 5.32 Å². The van der Waals surface area contributed by atoms with Crippen LogP contribution in [-0.2, 0) is 11.3 Å². The Labute approximate surface area is 156 Å². The van der Waals surface area contributed by atoms with E-state index in [4.69, 9.17) is 0 Å². The van der Waals surface area contributed by atoms with Gasteiger partial charge in [0.2, 0.25) is 5.91 Å². The molecule has 0 aliphatic carbocycles. The molecule has 1 aliphatic heterocycles. The van der Waals surface area contributed by atoms with Crippen LogP contribution in [0.2, 0.25) is 0 Å². The topological polar surface area (TPSA) is 80.1 Å². The number of carbonyl (C=O) groups is 2. The normalized spacial score (nSPS) is 16.5. The molecule has 1 N–H and O–H groups in total. The number of nitrogens with zero attached hydrogens (tertiary/aromatic N) is 4. The fourth-order valence-corrected chi connectivity index (χ4v) is 3.17. The molecule has 3 heterocycles. The smallest absolute Gasteiger partial charge is 0.252 e. The zero-order chi connectivity index (χ0) is 18.6.